The summed E-state index contributed by atoms with van der Waals surface area (Å²) in [6.45, 7) is -0.0821. The molecule has 114 valence electrons. The van der Waals surface area contributed by atoms with Gasteiger partial charge in [-0.3, -0.25) is 4.79 Å². The van der Waals surface area contributed by atoms with E-state index in [4.69, 9.17) is 11.6 Å². The van der Waals surface area contributed by atoms with Crippen molar-refractivity contribution in [3.05, 3.63) is 70.8 Å². The third-order valence-electron chi connectivity index (χ3n) is 2.91. The molecule has 1 aromatic carbocycles. The quantitative estimate of drug-likeness (QED) is 0.658. The number of pyridine rings is 1. The van der Waals surface area contributed by atoms with E-state index in [0.717, 1.165) is 5.56 Å². The van der Waals surface area contributed by atoms with Crippen LogP contribution < -0.4 is 5.32 Å². The van der Waals surface area contributed by atoms with Crippen LogP contribution in [0.2, 0.25) is 5.15 Å². The maximum absolute atomic E-state index is 13.5. The number of carbonyl (C=O) groups is 1. The minimum Gasteiger partial charge on any atom is -0.386 e. The molecule has 1 aromatic heterocycles. The van der Waals surface area contributed by atoms with Crippen LogP contribution in [0.3, 0.4) is 0 Å². The summed E-state index contributed by atoms with van der Waals surface area (Å²) in [4.78, 5) is 15.5. The number of halogens is 2. The first-order valence-corrected chi connectivity index (χ1v) is 6.94. The highest BCUT2D eigenvalue weighted by atomic mass is 35.5. The van der Waals surface area contributed by atoms with E-state index in [1.807, 2.05) is 0 Å². The van der Waals surface area contributed by atoms with Crippen molar-refractivity contribution in [1.82, 2.24) is 10.3 Å². The number of nitrogens with zero attached hydrogens (tertiary/aromatic N) is 1. The molecule has 0 aliphatic rings. The van der Waals surface area contributed by atoms with Crippen molar-refractivity contribution in [3.8, 4) is 0 Å². The van der Waals surface area contributed by atoms with Crippen molar-refractivity contribution in [3.63, 3.8) is 0 Å². The van der Waals surface area contributed by atoms with Crippen LogP contribution in [0.1, 0.15) is 17.2 Å². The molecule has 1 heterocycles. The van der Waals surface area contributed by atoms with Gasteiger partial charge in [0, 0.05) is 24.4 Å². The molecule has 2 N–H and O–H groups in total. The van der Waals surface area contributed by atoms with Gasteiger partial charge in [0.2, 0.25) is 5.91 Å². The molecule has 1 unspecified atom stereocenters. The van der Waals surface area contributed by atoms with E-state index in [-0.39, 0.29) is 12.1 Å². The Hall–Kier alpha value is -2.24. The fourth-order valence-corrected chi connectivity index (χ4v) is 1.99. The zero-order chi connectivity index (χ0) is 15.9. The number of carbonyl (C=O) groups excluding carboxylic acids is 1. The molecular formula is C16H14ClFN2O2. The molecule has 0 radical (unpaired) electrons. The van der Waals surface area contributed by atoms with Gasteiger partial charge in [0.05, 0.1) is 6.10 Å². The lowest BCUT2D eigenvalue weighted by molar-refractivity contribution is -0.116. The number of aliphatic hydroxyl groups is 1. The molecule has 0 saturated heterocycles. The monoisotopic (exact) mass is 320 g/mol. The predicted octanol–water partition coefficient (Wildman–Crippen LogP) is 2.74. The molecule has 2 rings (SSSR count). The fraction of sp³-hybridized carbons (Fsp3) is 0.125. The average molecular weight is 321 g/mol. The Morgan fingerprint density at radius 2 is 2.18 bits per heavy atom. The van der Waals surface area contributed by atoms with Crippen molar-refractivity contribution in [2.45, 2.75) is 6.10 Å². The first-order chi connectivity index (χ1) is 10.6. The lowest BCUT2D eigenvalue weighted by Crippen LogP contribution is -2.27. The van der Waals surface area contributed by atoms with Gasteiger partial charge in [-0.2, -0.15) is 0 Å². The number of hydrogen-bond acceptors (Lipinski definition) is 3. The summed E-state index contributed by atoms with van der Waals surface area (Å²) in [5, 5.41) is 12.7. The maximum atomic E-state index is 13.5. The van der Waals surface area contributed by atoms with E-state index in [9.17, 15) is 14.3 Å². The zero-order valence-corrected chi connectivity index (χ0v) is 12.3. The molecule has 0 aliphatic carbocycles. The summed E-state index contributed by atoms with van der Waals surface area (Å²) < 4.78 is 13.5. The van der Waals surface area contributed by atoms with Crippen molar-refractivity contribution in [2.24, 2.45) is 0 Å². The van der Waals surface area contributed by atoms with Gasteiger partial charge in [-0.05, 0) is 29.8 Å². The first-order valence-electron chi connectivity index (χ1n) is 6.56. The van der Waals surface area contributed by atoms with Gasteiger partial charge < -0.3 is 10.4 Å². The molecule has 22 heavy (non-hydrogen) atoms. The van der Waals surface area contributed by atoms with Gasteiger partial charge in [0.1, 0.15) is 11.0 Å². The zero-order valence-electron chi connectivity index (χ0n) is 11.5. The van der Waals surface area contributed by atoms with Crippen LogP contribution >= 0.6 is 11.6 Å². The molecule has 1 amide bonds. The SMILES string of the molecule is O=C(/C=C/c1ccnc(Cl)c1)NCC(O)c1ccccc1F. The van der Waals surface area contributed by atoms with Gasteiger partial charge >= 0.3 is 0 Å². The molecule has 6 heteroatoms. The Morgan fingerprint density at radius 3 is 2.91 bits per heavy atom. The molecule has 2 aromatic rings. The summed E-state index contributed by atoms with van der Waals surface area (Å²) in [5.74, 6) is -0.908. The molecule has 0 fully saturated rings. The molecule has 0 aliphatic heterocycles. The molecule has 0 spiro atoms. The predicted molar refractivity (Wildman–Crippen MR) is 82.7 cm³/mol. The number of amides is 1. The van der Waals surface area contributed by atoms with Crippen LogP contribution in [0, 0.1) is 5.82 Å². The Bertz CT molecular complexity index is 691. The Labute approximate surface area is 132 Å². The normalized spacial score (nSPS) is 12.3. The number of hydrogen-bond donors (Lipinski definition) is 2. The van der Waals surface area contributed by atoms with Crippen LogP contribution in [0.15, 0.2) is 48.7 Å². The van der Waals surface area contributed by atoms with Gasteiger partial charge in [-0.1, -0.05) is 29.8 Å². The molecule has 4 nitrogen and oxygen atoms in total. The van der Waals surface area contributed by atoms with Crippen molar-refractivity contribution >= 4 is 23.6 Å². The van der Waals surface area contributed by atoms with E-state index in [1.54, 1.807) is 24.3 Å². The van der Waals surface area contributed by atoms with E-state index in [1.165, 1.54) is 30.5 Å². The highest BCUT2D eigenvalue weighted by molar-refractivity contribution is 6.29. The summed E-state index contributed by atoms with van der Waals surface area (Å²) in [6.07, 6.45) is 3.30. The second-order valence-corrected chi connectivity index (χ2v) is 4.91. The highest BCUT2D eigenvalue weighted by Crippen LogP contribution is 2.15. The van der Waals surface area contributed by atoms with Crippen molar-refractivity contribution in [2.75, 3.05) is 6.54 Å². The number of rotatable bonds is 5. The van der Waals surface area contributed by atoms with Crippen LogP contribution in [0.4, 0.5) is 4.39 Å². The Balaban J connectivity index is 1.89. The Kier molecular flexibility index (Phi) is 5.63. The van der Waals surface area contributed by atoms with Crippen molar-refractivity contribution in [1.29, 1.82) is 0 Å². The summed E-state index contributed by atoms with van der Waals surface area (Å²) >= 11 is 5.73. The van der Waals surface area contributed by atoms with Gasteiger partial charge in [0.15, 0.2) is 0 Å². The van der Waals surface area contributed by atoms with Crippen LogP contribution in [-0.2, 0) is 4.79 Å². The smallest absolute Gasteiger partial charge is 0.244 e. The molecular weight excluding hydrogens is 307 g/mol. The summed E-state index contributed by atoms with van der Waals surface area (Å²) in [6, 6.07) is 9.20. The van der Waals surface area contributed by atoms with Gasteiger partial charge in [-0.25, -0.2) is 9.37 Å². The van der Waals surface area contributed by atoms with E-state index in [0.29, 0.717) is 5.15 Å². The van der Waals surface area contributed by atoms with Crippen molar-refractivity contribution < 1.29 is 14.3 Å². The maximum Gasteiger partial charge on any atom is 0.244 e. The Morgan fingerprint density at radius 1 is 1.41 bits per heavy atom. The largest absolute Gasteiger partial charge is 0.386 e. The third kappa shape index (κ3) is 4.65. The third-order valence-corrected chi connectivity index (χ3v) is 3.12. The van der Waals surface area contributed by atoms with Gasteiger partial charge in [-0.15, -0.1) is 0 Å². The lowest BCUT2D eigenvalue weighted by Gasteiger charge is -2.12. The number of aromatic nitrogens is 1. The van der Waals surface area contributed by atoms with Gasteiger partial charge in [0.25, 0.3) is 0 Å². The minimum atomic E-state index is -1.10. The standard InChI is InChI=1S/C16H14ClFN2O2/c17-15-9-11(7-8-19-15)5-6-16(22)20-10-14(21)12-3-1-2-4-13(12)18/h1-9,14,21H,10H2,(H,20,22)/b6-5+. The fourth-order valence-electron chi connectivity index (χ4n) is 1.80. The minimum absolute atomic E-state index is 0.0821. The molecule has 1 atom stereocenters. The second-order valence-electron chi connectivity index (χ2n) is 4.53. The van der Waals surface area contributed by atoms with E-state index >= 15 is 0 Å². The second kappa shape index (κ2) is 7.68. The van der Waals surface area contributed by atoms with Crippen LogP contribution in [0.5, 0.6) is 0 Å². The number of benzene rings is 1. The summed E-state index contributed by atoms with van der Waals surface area (Å²) in [7, 11) is 0. The first kappa shape index (κ1) is 16.1. The summed E-state index contributed by atoms with van der Waals surface area (Å²) in [5.41, 5.74) is 0.873. The topological polar surface area (TPSA) is 62.2 Å². The van der Waals surface area contributed by atoms with E-state index in [2.05, 4.69) is 10.3 Å². The highest BCUT2D eigenvalue weighted by Gasteiger charge is 2.12. The van der Waals surface area contributed by atoms with Crippen LogP contribution in [-0.4, -0.2) is 22.5 Å². The van der Waals surface area contributed by atoms with E-state index < -0.39 is 17.8 Å². The number of nitrogens with one attached hydrogen (secondary N) is 1. The average Bonchev–Trinajstić information content (AvgIpc) is 2.51. The number of aliphatic hydroxyl groups excluding tert-OH is 1. The molecule has 0 saturated carbocycles. The van der Waals surface area contributed by atoms with Crippen LogP contribution in [0.25, 0.3) is 6.08 Å². The lowest BCUT2D eigenvalue weighted by atomic mass is 10.1. The molecule has 0 bridgehead atoms.